The quantitative estimate of drug-likeness (QED) is 0.818. The van der Waals surface area contributed by atoms with Gasteiger partial charge in [0.25, 0.3) is 11.8 Å². The van der Waals surface area contributed by atoms with E-state index in [1.807, 2.05) is 19.1 Å². The number of carbonyl (C=O) groups excluding carboxylic acids is 3. The van der Waals surface area contributed by atoms with E-state index in [2.05, 4.69) is 21.2 Å². The maximum absolute atomic E-state index is 12.2. The number of hydrogen-bond donors (Lipinski definition) is 1. The maximum atomic E-state index is 12.2. The lowest BCUT2D eigenvalue weighted by Gasteiger charge is -2.13. The molecule has 1 aliphatic rings. The summed E-state index contributed by atoms with van der Waals surface area (Å²) < 4.78 is 0.903. The lowest BCUT2D eigenvalue weighted by atomic mass is 10.1. The SMILES string of the molecule is Cc1ccc(NC(=O)CCN2C(=O)c3ccccc3C2=O)cc1Br. The molecular formula is C18H15BrN2O3. The predicted octanol–water partition coefficient (Wildman–Crippen LogP) is 3.38. The van der Waals surface area contributed by atoms with Gasteiger partial charge in [-0.25, -0.2) is 0 Å². The maximum Gasteiger partial charge on any atom is 0.261 e. The third-order valence-corrected chi connectivity index (χ3v) is 4.75. The second kappa shape index (κ2) is 6.57. The number of amides is 3. The van der Waals surface area contributed by atoms with Crippen LogP contribution in [0.3, 0.4) is 0 Å². The van der Waals surface area contributed by atoms with E-state index in [0.29, 0.717) is 16.8 Å². The second-order valence-electron chi connectivity index (χ2n) is 5.57. The molecule has 0 radical (unpaired) electrons. The minimum absolute atomic E-state index is 0.0525. The zero-order valence-electron chi connectivity index (χ0n) is 13.0. The van der Waals surface area contributed by atoms with Crippen molar-refractivity contribution in [3.05, 3.63) is 63.6 Å². The highest BCUT2D eigenvalue weighted by Gasteiger charge is 2.34. The van der Waals surface area contributed by atoms with Gasteiger partial charge in [0.15, 0.2) is 0 Å². The molecule has 0 aliphatic carbocycles. The molecule has 6 heteroatoms. The number of halogens is 1. The van der Waals surface area contributed by atoms with E-state index in [4.69, 9.17) is 0 Å². The number of aryl methyl sites for hydroxylation is 1. The average Bonchev–Trinajstić information content (AvgIpc) is 2.81. The van der Waals surface area contributed by atoms with Gasteiger partial charge in [0.1, 0.15) is 0 Å². The molecule has 5 nitrogen and oxygen atoms in total. The molecule has 0 bridgehead atoms. The van der Waals surface area contributed by atoms with Gasteiger partial charge in [-0.15, -0.1) is 0 Å². The van der Waals surface area contributed by atoms with Gasteiger partial charge in [0, 0.05) is 23.1 Å². The van der Waals surface area contributed by atoms with Gasteiger partial charge in [-0.2, -0.15) is 0 Å². The molecule has 0 saturated carbocycles. The molecule has 0 unspecified atom stereocenters. The number of carbonyl (C=O) groups is 3. The summed E-state index contributed by atoms with van der Waals surface area (Å²) in [6.07, 6.45) is 0.0525. The molecule has 3 amide bonds. The first-order valence-corrected chi connectivity index (χ1v) is 8.28. The van der Waals surface area contributed by atoms with Crippen molar-refractivity contribution < 1.29 is 14.4 Å². The number of benzene rings is 2. The minimum Gasteiger partial charge on any atom is -0.326 e. The zero-order chi connectivity index (χ0) is 17.3. The van der Waals surface area contributed by atoms with Gasteiger partial charge in [-0.3, -0.25) is 19.3 Å². The molecule has 0 spiro atoms. The van der Waals surface area contributed by atoms with E-state index >= 15 is 0 Å². The summed E-state index contributed by atoms with van der Waals surface area (Å²) in [5, 5.41) is 2.77. The van der Waals surface area contributed by atoms with E-state index in [1.165, 1.54) is 0 Å². The third-order valence-electron chi connectivity index (χ3n) is 3.90. The van der Waals surface area contributed by atoms with Gasteiger partial charge >= 0.3 is 0 Å². The first-order chi connectivity index (χ1) is 11.5. The molecule has 1 heterocycles. The molecule has 1 aliphatic heterocycles. The Morgan fingerprint density at radius 1 is 1.08 bits per heavy atom. The third kappa shape index (κ3) is 3.10. The summed E-state index contributed by atoms with van der Waals surface area (Å²) in [6.45, 7) is 2.02. The summed E-state index contributed by atoms with van der Waals surface area (Å²) in [5.74, 6) is -0.940. The topological polar surface area (TPSA) is 66.5 Å². The van der Waals surface area contributed by atoms with Crippen molar-refractivity contribution in [2.75, 3.05) is 11.9 Å². The van der Waals surface area contributed by atoms with Crippen LogP contribution in [0.4, 0.5) is 5.69 Å². The van der Waals surface area contributed by atoms with Gasteiger partial charge in [0.05, 0.1) is 11.1 Å². The number of nitrogens with zero attached hydrogens (tertiary/aromatic N) is 1. The second-order valence-corrected chi connectivity index (χ2v) is 6.42. The number of rotatable bonds is 4. The average molecular weight is 387 g/mol. The zero-order valence-corrected chi connectivity index (χ0v) is 14.6. The Morgan fingerprint density at radius 3 is 2.29 bits per heavy atom. The Balaban J connectivity index is 1.62. The molecule has 1 N–H and O–H groups in total. The molecule has 0 fully saturated rings. The van der Waals surface area contributed by atoms with Crippen molar-refractivity contribution in [3.63, 3.8) is 0 Å². The van der Waals surface area contributed by atoms with Gasteiger partial charge in [0.2, 0.25) is 5.91 Å². The minimum atomic E-state index is -0.346. The van der Waals surface area contributed by atoms with Gasteiger partial charge in [-0.1, -0.05) is 34.1 Å². The number of nitrogens with one attached hydrogen (secondary N) is 1. The predicted molar refractivity (Wildman–Crippen MR) is 93.9 cm³/mol. The fourth-order valence-corrected chi connectivity index (χ4v) is 2.93. The molecule has 0 atom stereocenters. The van der Waals surface area contributed by atoms with E-state index in [0.717, 1.165) is 14.9 Å². The molecular weight excluding hydrogens is 372 g/mol. The van der Waals surface area contributed by atoms with Crippen LogP contribution in [0, 0.1) is 6.92 Å². The summed E-state index contributed by atoms with van der Waals surface area (Å²) in [7, 11) is 0. The molecule has 24 heavy (non-hydrogen) atoms. The Hall–Kier alpha value is -2.47. The van der Waals surface area contributed by atoms with Gasteiger partial charge < -0.3 is 5.32 Å². The van der Waals surface area contributed by atoms with Crippen LogP contribution in [-0.2, 0) is 4.79 Å². The van der Waals surface area contributed by atoms with Gasteiger partial charge in [-0.05, 0) is 36.8 Å². The summed E-state index contributed by atoms with van der Waals surface area (Å²) >= 11 is 3.41. The van der Waals surface area contributed by atoms with Crippen molar-refractivity contribution in [3.8, 4) is 0 Å². The fourth-order valence-electron chi connectivity index (χ4n) is 2.55. The Bertz CT molecular complexity index is 813. The Kier molecular flexibility index (Phi) is 4.49. The fraction of sp³-hybridized carbons (Fsp3) is 0.167. The van der Waals surface area contributed by atoms with E-state index in [1.54, 1.807) is 30.3 Å². The number of hydrogen-bond acceptors (Lipinski definition) is 3. The Labute approximate surface area is 147 Å². The lowest BCUT2D eigenvalue weighted by Crippen LogP contribution is -2.32. The monoisotopic (exact) mass is 386 g/mol. The van der Waals surface area contributed by atoms with E-state index in [9.17, 15) is 14.4 Å². The van der Waals surface area contributed by atoms with Crippen LogP contribution in [0.5, 0.6) is 0 Å². The Morgan fingerprint density at radius 2 is 1.71 bits per heavy atom. The number of imide groups is 1. The normalized spacial score (nSPS) is 13.2. The molecule has 3 rings (SSSR count). The molecule has 2 aromatic rings. The van der Waals surface area contributed by atoms with Crippen LogP contribution < -0.4 is 5.32 Å². The van der Waals surface area contributed by atoms with Crippen LogP contribution in [0.25, 0.3) is 0 Å². The summed E-state index contributed by atoms with van der Waals surface area (Å²) in [5.41, 5.74) is 2.52. The highest BCUT2D eigenvalue weighted by molar-refractivity contribution is 9.10. The standard InChI is InChI=1S/C18H15BrN2O3/c1-11-6-7-12(10-15(11)19)20-16(22)8-9-21-17(23)13-4-2-3-5-14(13)18(21)24/h2-7,10H,8-9H2,1H3,(H,20,22). The van der Waals surface area contributed by atoms with Crippen molar-refractivity contribution in [2.24, 2.45) is 0 Å². The smallest absolute Gasteiger partial charge is 0.261 e. The molecule has 122 valence electrons. The molecule has 0 aromatic heterocycles. The van der Waals surface area contributed by atoms with Crippen LogP contribution in [0.15, 0.2) is 46.9 Å². The van der Waals surface area contributed by atoms with Crippen molar-refractivity contribution >= 4 is 39.3 Å². The van der Waals surface area contributed by atoms with Crippen molar-refractivity contribution in [1.29, 1.82) is 0 Å². The molecule has 0 saturated heterocycles. The van der Waals surface area contributed by atoms with Crippen molar-refractivity contribution in [1.82, 2.24) is 4.90 Å². The van der Waals surface area contributed by atoms with Crippen LogP contribution in [0.2, 0.25) is 0 Å². The molecule has 2 aromatic carbocycles. The van der Waals surface area contributed by atoms with Crippen LogP contribution in [-0.4, -0.2) is 29.2 Å². The van der Waals surface area contributed by atoms with E-state index in [-0.39, 0.29) is 30.7 Å². The van der Waals surface area contributed by atoms with Crippen LogP contribution in [0.1, 0.15) is 32.7 Å². The highest BCUT2D eigenvalue weighted by Crippen LogP contribution is 2.23. The van der Waals surface area contributed by atoms with E-state index < -0.39 is 0 Å². The number of fused-ring (bicyclic) bond motifs is 1. The summed E-state index contributed by atoms with van der Waals surface area (Å²) in [4.78, 5) is 37.7. The van der Waals surface area contributed by atoms with Crippen LogP contribution >= 0.6 is 15.9 Å². The highest BCUT2D eigenvalue weighted by atomic mass is 79.9. The first kappa shape index (κ1) is 16.4. The number of anilines is 1. The largest absolute Gasteiger partial charge is 0.326 e. The first-order valence-electron chi connectivity index (χ1n) is 7.48. The summed E-state index contributed by atoms with van der Waals surface area (Å²) in [6, 6.07) is 12.2. The lowest BCUT2D eigenvalue weighted by molar-refractivity contribution is -0.116. The van der Waals surface area contributed by atoms with Crippen molar-refractivity contribution in [2.45, 2.75) is 13.3 Å².